The third-order valence-corrected chi connectivity index (χ3v) is 3.09. The van der Waals surface area contributed by atoms with E-state index < -0.39 is 12.0 Å². The van der Waals surface area contributed by atoms with Gasteiger partial charge in [0.25, 0.3) is 0 Å². The number of nitrogens with one attached hydrogen (secondary N) is 1. The molecule has 1 aliphatic heterocycles. The SMILES string of the molecule is CC(C)N1CC(C)(C)CNC(=O)C1CC(=O)O. The fourth-order valence-electron chi connectivity index (χ4n) is 2.17. The number of aliphatic carboxylic acids is 1. The minimum atomic E-state index is -0.935. The molecule has 0 aromatic heterocycles. The van der Waals surface area contributed by atoms with E-state index >= 15 is 0 Å². The van der Waals surface area contributed by atoms with Gasteiger partial charge in [0.1, 0.15) is 0 Å². The van der Waals surface area contributed by atoms with Crippen molar-refractivity contribution >= 4 is 11.9 Å². The van der Waals surface area contributed by atoms with Gasteiger partial charge in [0.05, 0.1) is 12.5 Å². The van der Waals surface area contributed by atoms with Crippen molar-refractivity contribution in [2.75, 3.05) is 13.1 Å². The van der Waals surface area contributed by atoms with Crippen molar-refractivity contribution in [1.29, 1.82) is 0 Å². The Morgan fingerprint density at radius 2 is 2.18 bits per heavy atom. The Hall–Kier alpha value is -1.10. The maximum atomic E-state index is 11.9. The van der Waals surface area contributed by atoms with Crippen LogP contribution in [0.4, 0.5) is 0 Å². The van der Waals surface area contributed by atoms with E-state index in [-0.39, 0.29) is 23.8 Å². The molecule has 0 saturated carbocycles. The van der Waals surface area contributed by atoms with Crippen LogP contribution in [0.2, 0.25) is 0 Å². The van der Waals surface area contributed by atoms with E-state index in [0.717, 1.165) is 6.54 Å². The number of carboxylic acid groups (broad SMARTS) is 1. The fraction of sp³-hybridized carbons (Fsp3) is 0.833. The monoisotopic (exact) mass is 242 g/mol. The second-order valence-corrected chi connectivity index (χ2v) is 5.76. The van der Waals surface area contributed by atoms with Crippen molar-refractivity contribution in [3.05, 3.63) is 0 Å². The maximum absolute atomic E-state index is 11.9. The molecule has 1 saturated heterocycles. The van der Waals surface area contributed by atoms with Gasteiger partial charge in [-0.05, 0) is 19.3 Å². The Kier molecular flexibility index (Phi) is 4.14. The predicted molar refractivity (Wildman–Crippen MR) is 64.7 cm³/mol. The molecule has 2 N–H and O–H groups in total. The molecule has 1 unspecified atom stereocenters. The summed E-state index contributed by atoms with van der Waals surface area (Å²) in [5.41, 5.74) is -0.0345. The van der Waals surface area contributed by atoms with Crippen molar-refractivity contribution < 1.29 is 14.7 Å². The molecule has 0 radical (unpaired) electrons. The van der Waals surface area contributed by atoms with Gasteiger partial charge in [-0.15, -0.1) is 0 Å². The molecule has 5 heteroatoms. The molecule has 1 aliphatic rings. The van der Waals surface area contributed by atoms with Crippen molar-refractivity contribution in [2.45, 2.75) is 46.2 Å². The van der Waals surface area contributed by atoms with Crippen LogP contribution in [-0.2, 0) is 9.59 Å². The summed E-state index contributed by atoms with van der Waals surface area (Å²) >= 11 is 0. The molecule has 1 heterocycles. The zero-order valence-electron chi connectivity index (χ0n) is 11.0. The minimum Gasteiger partial charge on any atom is -0.481 e. The topological polar surface area (TPSA) is 69.6 Å². The van der Waals surface area contributed by atoms with E-state index in [1.165, 1.54) is 0 Å². The number of amides is 1. The number of hydrogen-bond acceptors (Lipinski definition) is 3. The fourth-order valence-corrected chi connectivity index (χ4v) is 2.17. The van der Waals surface area contributed by atoms with Gasteiger partial charge >= 0.3 is 5.97 Å². The van der Waals surface area contributed by atoms with Crippen LogP contribution in [-0.4, -0.2) is 47.1 Å². The number of carbonyl (C=O) groups is 2. The predicted octanol–water partition coefficient (Wildman–Crippen LogP) is 0.696. The largest absolute Gasteiger partial charge is 0.481 e. The molecule has 0 aromatic carbocycles. The number of hydrogen-bond donors (Lipinski definition) is 2. The normalized spacial score (nSPS) is 25.5. The van der Waals surface area contributed by atoms with Crippen molar-refractivity contribution in [2.24, 2.45) is 5.41 Å². The van der Waals surface area contributed by atoms with E-state index in [4.69, 9.17) is 5.11 Å². The molecular formula is C12H22N2O3. The van der Waals surface area contributed by atoms with Crippen LogP contribution >= 0.6 is 0 Å². The van der Waals surface area contributed by atoms with Crippen molar-refractivity contribution in [3.8, 4) is 0 Å². The molecular weight excluding hydrogens is 220 g/mol. The van der Waals surface area contributed by atoms with Crippen LogP contribution in [0.15, 0.2) is 0 Å². The first-order chi connectivity index (χ1) is 7.73. The van der Waals surface area contributed by atoms with Gasteiger partial charge in [0.15, 0.2) is 0 Å². The van der Waals surface area contributed by atoms with E-state index in [2.05, 4.69) is 19.2 Å². The summed E-state index contributed by atoms with van der Waals surface area (Å²) < 4.78 is 0. The summed E-state index contributed by atoms with van der Waals surface area (Å²) in [6.45, 7) is 9.44. The van der Waals surface area contributed by atoms with E-state index in [9.17, 15) is 9.59 Å². The van der Waals surface area contributed by atoms with Gasteiger partial charge < -0.3 is 10.4 Å². The van der Waals surface area contributed by atoms with Gasteiger partial charge in [-0.3, -0.25) is 14.5 Å². The van der Waals surface area contributed by atoms with Crippen molar-refractivity contribution in [1.82, 2.24) is 10.2 Å². The Morgan fingerprint density at radius 1 is 1.59 bits per heavy atom. The molecule has 0 bridgehead atoms. The third kappa shape index (κ3) is 3.70. The molecule has 17 heavy (non-hydrogen) atoms. The molecule has 0 spiro atoms. The van der Waals surface area contributed by atoms with Crippen molar-refractivity contribution in [3.63, 3.8) is 0 Å². The summed E-state index contributed by atoms with van der Waals surface area (Å²) in [5.74, 6) is -1.11. The molecule has 1 amide bonds. The number of nitrogens with zero attached hydrogens (tertiary/aromatic N) is 1. The quantitative estimate of drug-likeness (QED) is 0.764. The molecule has 1 rings (SSSR count). The number of rotatable bonds is 3. The summed E-state index contributed by atoms with van der Waals surface area (Å²) in [4.78, 5) is 24.8. The highest BCUT2D eigenvalue weighted by Crippen LogP contribution is 2.23. The van der Waals surface area contributed by atoms with Gasteiger partial charge in [-0.1, -0.05) is 13.8 Å². The first-order valence-corrected chi connectivity index (χ1v) is 5.98. The van der Waals surface area contributed by atoms with E-state index in [0.29, 0.717) is 6.54 Å². The molecule has 0 aliphatic carbocycles. The average Bonchev–Trinajstić information content (AvgIpc) is 2.28. The van der Waals surface area contributed by atoms with Gasteiger partial charge in [-0.25, -0.2) is 0 Å². The van der Waals surface area contributed by atoms with Crippen LogP contribution in [0.25, 0.3) is 0 Å². The minimum absolute atomic E-state index is 0.0345. The molecule has 98 valence electrons. The summed E-state index contributed by atoms with van der Waals surface area (Å²) in [6, 6.07) is -0.406. The first-order valence-electron chi connectivity index (χ1n) is 5.98. The smallest absolute Gasteiger partial charge is 0.305 e. The van der Waals surface area contributed by atoms with Gasteiger partial charge in [0, 0.05) is 19.1 Å². The molecule has 1 fully saturated rings. The summed E-state index contributed by atoms with van der Waals surface area (Å²) in [6.07, 6.45) is -0.139. The number of carboxylic acids is 1. The van der Waals surface area contributed by atoms with Crippen LogP contribution in [0.1, 0.15) is 34.1 Å². The highest BCUT2D eigenvalue weighted by atomic mass is 16.4. The van der Waals surface area contributed by atoms with E-state index in [1.54, 1.807) is 0 Å². The molecule has 5 nitrogen and oxygen atoms in total. The number of carbonyl (C=O) groups excluding carboxylic acids is 1. The zero-order valence-corrected chi connectivity index (χ0v) is 11.0. The molecule has 0 aromatic rings. The lowest BCUT2D eigenvalue weighted by Gasteiger charge is -2.35. The van der Waals surface area contributed by atoms with Crippen LogP contribution in [0.3, 0.4) is 0 Å². The lowest BCUT2D eigenvalue weighted by atomic mass is 9.92. The Bertz CT molecular complexity index is 313. The zero-order chi connectivity index (χ0) is 13.2. The van der Waals surface area contributed by atoms with E-state index in [1.807, 2.05) is 18.7 Å². The highest BCUT2D eigenvalue weighted by Gasteiger charge is 2.37. The lowest BCUT2D eigenvalue weighted by Crippen LogP contribution is -2.49. The van der Waals surface area contributed by atoms with Gasteiger partial charge in [-0.2, -0.15) is 0 Å². The average molecular weight is 242 g/mol. The second-order valence-electron chi connectivity index (χ2n) is 5.76. The second kappa shape index (κ2) is 5.04. The highest BCUT2D eigenvalue weighted by molar-refractivity contribution is 5.86. The van der Waals surface area contributed by atoms with Gasteiger partial charge in [0.2, 0.25) is 5.91 Å². The summed E-state index contributed by atoms with van der Waals surface area (Å²) in [5, 5.41) is 11.7. The summed E-state index contributed by atoms with van der Waals surface area (Å²) in [7, 11) is 0. The van der Waals surface area contributed by atoms with Crippen LogP contribution in [0.5, 0.6) is 0 Å². The Morgan fingerprint density at radius 3 is 2.65 bits per heavy atom. The Balaban J connectivity index is 2.95. The molecule has 1 atom stereocenters. The Labute approximate surface area is 102 Å². The maximum Gasteiger partial charge on any atom is 0.305 e. The standard InChI is InChI=1S/C12H22N2O3/c1-8(2)14-7-12(3,4)6-13-11(17)9(14)5-10(15)16/h8-9H,5-7H2,1-4H3,(H,13,17)(H,15,16). The van der Waals surface area contributed by atoms with Crippen LogP contribution < -0.4 is 5.32 Å². The lowest BCUT2D eigenvalue weighted by molar-refractivity contribution is -0.142. The first kappa shape index (κ1) is 14.0. The third-order valence-electron chi connectivity index (χ3n) is 3.09. The van der Waals surface area contributed by atoms with Crippen LogP contribution in [0, 0.1) is 5.41 Å².